The van der Waals surface area contributed by atoms with Crippen LogP contribution < -0.4 is 0 Å². The monoisotopic (exact) mass is 352 g/mol. The SMILES string of the molecule is C=C(C)C(=O)OCc1ccccc1C(CCC)[Si](OC)(OC)OC. The fourth-order valence-electron chi connectivity index (χ4n) is 2.76. The van der Waals surface area contributed by atoms with Gasteiger partial charge in [0, 0.05) is 26.9 Å². The van der Waals surface area contributed by atoms with Gasteiger partial charge in [-0.3, -0.25) is 0 Å². The number of benzene rings is 1. The van der Waals surface area contributed by atoms with Crippen LogP contribution in [0.2, 0.25) is 0 Å². The van der Waals surface area contributed by atoms with Gasteiger partial charge in [0.2, 0.25) is 0 Å². The predicted molar refractivity (Wildman–Crippen MR) is 95.5 cm³/mol. The van der Waals surface area contributed by atoms with Gasteiger partial charge in [-0.15, -0.1) is 0 Å². The lowest BCUT2D eigenvalue weighted by Gasteiger charge is -2.33. The Balaban J connectivity index is 3.20. The smallest absolute Gasteiger partial charge is 0.457 e. The Kier molecular flexibility index (Phi) is 8.34. The van der Waals surface area contributed by atoms with E-state index in [1.165, 1.54) is 0 Å². The summed E-state index contributed by atoms with van der Waals surface area (Å²) in [7, 11) is 1.97. The second kappa shape index (κ2) is 9.73. The molecule has 0 saturated carbocycles. The third-order valence-electron chi connectivity index (χ3n) is 4.00. The minimum Gasteiger partial charge on any atom is -0.457 e. The maximum absolute atomic E-state index is 11.7. The highest BCUT2D eigenvalue weighted by molar-refractivity contribution is 6.62. The standard InChI is InChI=1S/C18H28O5Si/c1-7-10-17(24(20-4,21-5)22-6)16-12-9-8-11-15(16)13-23-18(19)14(2)3/h8-9,11-12,17H,2,7,10,13H2,1,3-6H3. The first-order valence-corrected chi connectivity index (χ1v) is 9.81. The molecule has 1 aromatic rings. The molecule has 0 radical (unpaired) electrons. The molecule has 24 heavy (non-hydrogen) atoms. The molecule has 0 aliphatic rings. The number of esters is 1. The first kappa shape index (κ1) is 20.6. The Morgan fingerprint density at radius 1 is 1.17 bits per heavy atom. The van der Waals surface area contributed by atoms with E-state index in [2.05, 4.69) is 13.5 Å². The van der Waals surface area contributed by atoms with Gasteiger partial charge in [0.1, 0.15) is 6.61 Å². The summed E-state index contributed by atoms with van der Waals surface area (Å²) in [5.74, 6) is -0.398. The van der Waals surface area contributed by atoms with Gasteiger partial charge >= 0.3 is 14.8 Å². The fourth-order valence-corrected chi connectivity index (χ4v) is 5.42. The zero-order valence-corrected chi connectivity index (χ0v) is 16.3. The van der Waals surface area contributed by atoms with Crippen molar-refractivity contribution in [2.75, 3.05) is 21.3 Å². The lowest BCUT2D eigenvalue weighted by molar-refractivity contribution is -0.140. The molecule has 6 heteroatoms. The normalized spacial score (nSPS) is 12.7. The molecule has 1 unspecified atom stereocenters. The number of rotatable bonds is 10. The summed E-state index contributed by atoms with van der Waals surface area (Å²) in [5, 5.41) is 0. The molecule has 0 aliphatic carbocycles. The third kappa shape index (κ3) is 4.77. The summed E-state index contributed by atoms with van der Waals surface area (Å²) >= 11 is 0. The van der Waals surface area contributed by atoms with Crippen molar-refractivity contribution in [1.29, 1.82) is 0 Å². The first-order valence-electron chi connectivity index (χ1n) is 8.01. The summed E-state index contributed by atoms with van der Waals surface area (Å²) in [4.78, 5) is 11.7. The molecular formula is C18H28O5Si. The van der Waals surface area contributed by atoms with E-state index in [1.54, 1.807) is 28.3 Å². The van der Waals surface area contributed by atoms with Crippen LogP contribution in [-0.2, 0) is 29.4 Å². The molecule has 0 saturated heterocycles. The number of carbonyl (C=O) groups excluding carboxylic acids is 1. The highest BCUT2D eigenvalue weighted by Crippen LogP contribution is 2.35. The molecule has 0 spiro atoms. The molecule has 134 valence electrons. The predicted octanol–water partition coefficient (Wildman–Crippen LogP) is 3.61. The fraction of sp³-hybridized carbons (Fsp3) is 0.500. The largest absolute Gasteiger partial charge is 0.508 e. The molecule has 0 amide bonds. The van der Waals surface area contributed by atoms with Gasteiger partial charge in [-0.05, 0) is 24.5 Å². The van der Waals surface area contributed by atoms with Gasteiger partial charge in [0.15, 0.2) is 0 Å². The van der Waals surface area contributed by atoms with E-state index in [4.69, 9.17) is 18.0 Å². The maximum atomic E-state index is 11.7. The van der Waals surface area contributed by atoms with Crippen LogP contribution in [0.4, 0.5) is 0 Å². The van der Waals surface area contributed by atoms with Gasteiger partial charge < -0.3 is 18.0 Å². The summed E-state index contributed by atoms with van der Waals surface area (Å²) in [6, 6.07) is 7.85. The highest BCUT2D eigenvalue weighted by atomic mass is 28.4. The van der Waals surface area contributed by atoms with E-state index in [-0.39, 0.29) is 12.1 Å². The van der Waals surface area contributed by atoms with E-state index in [0.29, 0.717) is 5.57 Å². The third-order valence-corrected chi connectivity index (χ3v) is 7.16. The Morgan fingerprint density at radius 3 is 2.25 bits per heavy atom. The summed E-state index contributed by atoms with van der Waals surface area (Å²) in [6.07, 6.45) is 1.81. The number of ether oxygens (including phenoxy) is 1. The van der Waals surface area contributed by atoms with Crippen LogP contribution in [0.5, 0.6) is 0 Å². The lowest BCUT2D eigenvalue weighted by Crippen LogP contribution is -2.49. The Hall–Kier alpha value is -1.47. The zero-order chi connectivity index (χ0) is 18.2. The van der Waals surface area contributed by atoms with Gasteiger partial charge in [0.25, 0.3) is 0 Å². The minimum atomic E-state index is -2.88. The quantitative estimate of drug-likeness (QED) is 0.366. The second-order valence-electron chi connectivity index (χ2n) is 5.61. The molecular weight excluding hydrogens is 324 g/mol. The molecule has 0 aliphatic heterocycles. The molecule has 1 aromatic carbocycles. The molecule has 1 rings (SSSR count). The molecule has 0 N–H and O–H groups in total. The first-order chi connectivity index (χ1) is 11.5. The number of hydrogen-bond donors (Lipinski definition) is 0. The molecule has 5 nitrogen and oxygen atoms in total. The van der Waals surface area contributed by atoms with Crippen LogP contribution in [0.1, 0.15) is 43.4 Å². The van der Waals surface area contributed by atoms with Crippen molar-refractivity contribution in [1.82, 2.24) is 0 Å². The summed E-state index contributed by atoms with van der Waals surface area (Å²) in [6.45, 7) is 7.53. The van der Waals surface area contributed by atoms with Crippen LogP contribution in [0.3, 0.4) is 0 Å². The van der Waals surface area contributed by atoms with Gasteiger partial charge in [-0.1, -0.05) is 44.2 Å². The van der Waals surface area contributed by atoms with Crippen molar-refractivity contribution in [2.45, 2.75) is 38.8 Å². The number of carbonyl (C=O) groups is 1. The van der Waals surface area contributed by atoms with Crippen molar-refractivity contribution >= 4 is 14.8 Å². The van der Waals surface area contributed by atoms with E-state index in [9.17, 15) is 4.79 Å². The van der Waals surface area contributed by atoms with Crippen molar-refractivity contribution < 1.29 is 22.8 Å². The number of hydrogen-bond acceptors (Lipinski definition) is 5. The van der Waals surface area contributed by atoms with Crippen molar-refractivity contribution in [2.24, 2.45) is 0 Å². The van der Waals surface area contributed by atoms with Crippen LogP contribution in [0.25, 0.3) is 0 Å². The van der Waals surface area contributed by atoms with Crippen molar-refractivity contribution in [3.63, 3.8) is 0 Å². The lowest BCUT2D eigenvalue weighted by atomic mass is 10.0. The molecule has 1 atom stereocenters. The van der Waals surface area contributed by atoms with Crippen LogP contribution in [-0.4, -0.2) is 36.1 Å². The summed E-state index contributed by atoms with van der Waals surface area (Å²) in [5.41, 5.74) is 2.31. The molecule has 0 heterocycles. The van der Waals surface area contributed by atoms with Crippen LogP contribution in [0, 0.1) is 0 Å². The summed E-state index contributed by atoms with van der Waals surface area (Å²) < 4.78 is 22.4. The zero-order valence-electron chi connectivity index (χ0n) is 15.3. The second-order valence-corrected chi connectivity index (χ2v) is 8.74. The molecule has 0 bridgehead atoms. The highest BCUT2D eigenvalue weighted by Gasteiger charge is 2.48. The van der Waals surface area contributed by atoms with Crippen molar-refractivity contribution in [3.05, 3.63) is 47.5 Å². The van der Waals surface area contributed by atoms with Crippen LogP contribution >= 0.6 is 0 Å². The van der Waals surface area contributed by atoms with E-state index in [0.717, 1.165) is 24.0 Å². The van der Waals surface area contributed by atoms with Gasteiger partial charge in [-0.25, -0.2) is 4.79 Å². The Bertz CT molecular complexity index is 546. The average Bonchev–Trinajstić information content (AvgIpc) is 2.60. The van der Waals surface area contributed by atoms with Gasteiger partial charge in [0.05, 0.1) is 5.54 Å². The topological polar surface area (TPSA) is 54.0 Å². The molecule has 0 aromatic heterocycles. The minimum absolute atomic E-state index is 0.0257. The van der Waals surface area contributed by atoms with Crippen LogP contribution in [0.15, 0.2) is 36.4 Å². The van der Waals surface area contributed by atoms with Gasteiger partial charge in [-0.2, -0.15) is 0 Å². The molecule has 0 fully saturated rings. The van der Waals surface area contributed by atoms with E-state index < -0.39 is 14.8 Å². The maximum Gasteiger partial charge on any atom is 0.508 e. The van der Waals surface area contributed by atoms with E-state index in [1.807, 2.05) is 24.3 Å². The average molecular weight is 353 g/mol. The Morgan fingerprint density at radius 2 is 1.75 bits per heavy atom. The van der Waals surface area contributed by atoms with E-state index >= 15 is 0 Å². The Labute approximate surface area is 145 Å². The van der Waals surface area contributed by atoms with Crippen molar-refractivity contribution in [3.8, 4) is 0 Å².